The van der Waals surface area contributed by atoms with Crippen molar-refractivity contribution >= 4 is 0 Å². The first-order valence-corrected chi connectivity index (χ1v) is 11.6. The summed E-state index contributed by atoms with van der Waals surface area (Å²) in [4.78, 5) is 0. The molecule has 0 radical (unpaired) electrons. The molecule has 0 amide bonds. The quantitative estimate of drug-likeness (QED) is 0.523. The van der Waals surface area contributed by atoms with Crippen molar-refractivity contribution < 1.29 is 29.2 Å². The first-order chi connectivity index (χ1) is 16.4. The number of aliphatic hydroxyl groups excluding tert-OH is 2. The predicted molar refractivity (Wildman–Crippen MR) is 126 cm³/mol. The molecule has 2 aliphatic heterocycles. The Kier molecular flexibility index (Phi) is 6.29. The number of aliphatic hydroxyl groups is 2. The van der Waals surface area contributed by atoms with Crippen LogP contribution in [-0.2, 0) is 24.5 Å². The molecule has 6 nitrogen and oxygen atoms in total. The summed E-state index contributed by atoms with van der Waals surface area (Å²) < 4.78 is 24.0. The van der Waals surface area contributed by atoms with Crippen LogP contribution < -0.4 is 0 Å². The molecule has 0 bridgehead atoms. The van der Waals surface area contributed by atoms with Crippen LogP contribution in [0.15, 0.2) is 91.0 Å². The monoisotopic (exact) mass is 462 g/mol. The summed E-state index contributed by atoms with van der Waals surface area (Å²) in [5.41, 5.74) is 1.81. The number of rotatable bonds is 7. The van der Waals surface area contributed by atoms with Gasteiger partial charge in [-0.3, -0.25) is 0 Å². The average molecular weight is 463 g/mol. The third-order valence-electron chi connectivity index (χ3n) is 6.44. The second-order valence-corrected chi connectivity index (χ2v) is 9.22. The molecule has 2 aliphatic rings. The van der Waals surface area contributed by atoms with Crippen molar-refractivity contribution in [3.8, 4) is 0 Å². The summed E-state index contributed by atoms with van der Waals surface area (Å²) in [5.74, 6) is -0.841. The van der Waals surface area contributed by atoms with E-state index in [0.29, 0.717) is 0 Å². The summed E-state index contributed by atoms with van der Waals surface area (Å²) >= 11 is 0. The molecule has 0 spiro atoms. The number of benzene rings is 3. The van der Waals surface area contributed by atoms with Crippen LogP contribution in [0.25, 0.3) is 0 Å². The lowest BCUT2D eigenvalue weighted by atomic mass is 9.80. The minimum Gasteiger partial charge on any atom is -0.388 e. The van der Waals surface area contributed by atoms with Crippen molar-refractivity contribution in [3.63, 3.8) is 0 Å². The average Bonchev–Trinajstić information content (AvgIpc) is 3.33. The SMILES string of the molecule is CC1(C)O[C@@H]2O[C@H]([C@H](O)COC(c3ccccc3)(c3ccccc3)c3ccccc3)[C@H](O)[C@H]2O1. The van der Waals surface area contributed by atoms with Crippen molar-refractivity contribution in [1.82, 2.24) is 0 Å². The fraction of sp³-hybridized carbons (Fsp3) is 0.357. The highest BCUT2D eigenvalue weighted by atomic mass is 16.8. The maximum Gasteiger partial charge on any atom is 0.190 e. The number of fused-ring (bicyclic) bond motifs is 1. The maximum atomic E-state index is 11.1. The second kappa shape index (κ2) is 9.23. The lowest BCUT2D eigenvalue weighted by Gasteiger charge is -2.37. The summed E-state index contributed by atoms with van der Waals surface area (Å²) in [6, 6.07) is 29.8. The third-order valence-corrected chi connectivity index (χ3v) is 6.44. The lowest BCUT2D eigenvalue weighted by Crippen LogP contribution is -2.45. The van der Waals surface area contributed by atoms with Crippen molar-refractivity contribution in [2.45, 2.75) is 55.9 Å². The molecule has 2 saturated heterocycles. The van der Waals surface area contributed by atoms with Gasteiger partial charge in [0.2, 0.25) is 0 Å². The highest BCUT2D eigenvalue weighted by Gasteiger charge is 2.56. The molecule has 2 heterocycles. The fourth-order valence-electron chi connectivity index (χ4n) is 4.91. The summed E-state index contributed by atoms with van der Waals surface area (Å²) in [5, 5.41) is 21.9. The molecular formula is C28H30O6. The van der Waals surface area contributed by atoms with E-state index in [9.17, 15) is 10.2 Å². The van der Waals surface area contributed by atoms with E-state index in [1.165, 1.54) is 0 Å². The molecule has 2 fully saturated rings. The van der Waals surface area contributed by atoms with Gasteiger partial charge in [-0.2, -0.15) is 0 Å². The molecule has 5 atom stereocenters. The van der Waals surface area contributed by atoms with E-state index in [-0.39, 0.29) is 6.61 Å². The zero-order chi connectivity index (χ0) is 23.8. The van der Waals surface area contributed by atoms with Gasteiger partial charge in [0.1, 0.15) is 30.0 Å². The molecule has 0 unspecified atom stereocenters. The van der Waals surface area contributed by atoms with Gasteiger partial charge in [-0.15, -0.1) is 0 Å². The molecule has 0 aliphatic carbocycles. The second-order valence-electron chi connectivity index (χ2n) is 9.22. The Bertz CT molecular complexity index is 975. The minimum absolute atomic E-state index is 0.0801. The zero-order valence-electron chi connectivity index (χ0n) is 19.3. The first-order valence-electron chi connectivity index (χ1n) is 11.6. The topological polar surface area (TPSA) is 77.4 Å². The summed E-state index contributed by atoms with van der Waals surface area (Å²) in [6.07, 6.45) is -4.42. The predicted octanol–water partition coefficient (Wildman–Crippen LogP) is 3.59. The van der Waals surface area contributed by atoms with Gasteiger partial charge in [-0.05, 0) is 30.5 Å². The highest BCUT2D eigenvalue weighted by Crippen LogP contribution is 2.42. The first kappa shape index (κ1) is 23.2. The van der Waals surface area contributed by atoms with Crippen molar-refractivity contribution in [2.75, 3.05) is 6.61 Å². The van der Waals surface area contributed by atoms with E-state index in [2.05, 4.69) is 0 Å². The molecule has 3 aromatic rings. The Morgan fingerprint density at radius 1 is 0.824 bits per heavy atom. The van der Waals surface area contributed by atoms with E-state index in [1.807, 2.05) is 91.0 Å². The fourth-order valence-corrected chi connectivity index (χ4v) is 4.91. The van der Waals surface area contributed by atoms with Crippen LogP contribution in [0, 0.1) is 0 Å². The number of hydrogen-bond acceptors (Lipinski definition) is 6. The minimum atomic E-state index is -1.11. The van der Waals surface area contributed by atoms with E-state index >= 15 is 0 Å². The Morgan fingerprint density at radius 3 is 1.74 bits per heavy atom. The van der Waals surface area contributed by atoms with Gasteiger partial charge in [-0.1, -0.05) is 91.0 Å². The molecule has 178 valence electrons. The van der Waals surface area contributed by atoms with Gasteiger partial charge < -0.3 is 29.2 Å². The third kappa shape index (κ3) is 4.18. The maximum absolute atomic E-state index is 11.1. The van der Waals surface area contributed by atoms with Gasteiger partial charge in [0, 0.05) is 0 Å². The molecule has 3 aromatic carbocycles. The molecule has 6 heteroatoms. The largest absolute Gasteiger partial charge is 0.388 e. The number of ether oxygens (including phenoxy) is 4. The number of hydrogen-bond donors (Lipinski definition) is 2. The van der Waals surface area contributed by atoms with Crippen LogP contribution in [0.3, 0.4) is 0 Å². The standard InChI is InChI=1S/C28H30O6/c1-27(2)33-25-23(30)24(32-26(25)34-27)22(29)18-31-28(19-12-6-3-7-13-19,20-14-8-4-9-15-20)21-16-10-5-11-17-21/h3-17,22-26,29-30H,18H2,1-2H3/t22-,23+,24-,25-,26+/m1/s1. The van der Waals surface area contributed by atoms with Gasteiger partial charge in [0.05, 0.1) is 6.61 Å². The van der Waals surface area contributed by atoms with E-state index in [0.717, 1.165) is 16.7 Å². The van der Waals surface area contributed by atoms with E-state index in [4.69, 9.17) is 18.9 Å². The van der Waals surface area contributed by atoms with Crippen LogP contribution >= 0.6 is 0 Å². The Morgan fingerprint density at radius 2 is 1.29 bits per heavy atom. The van der Waals surface area contributed by atoms with Crippen molar-refractivity contribution in [3.05, 3.63) is 108 Å². The summed E-state index contributed by atoms with van der Waals surface area (Å²) in [7, 11) is 0. The van der Waals surface area contributed by atoms with Gasteiger partial charge in [0.15, 0.2) is 12.1 Å². The molecule has 34 heavy (non-hydrogen) atoms. The smallest absolute Gasteiger partial charge is 0.190 e. The van der Waals surface area contributed by atoms with Gasteiger partial charge in [-0.25, -0.2) is 0 Å². The lowest BCUT2D eigenvalue weighted by molar-refractivity contribution is -0.230. The normalized spacial score (nSPS) is 26.8. The summed E-state index contributed by atoms with van der Waals surface area (Å²) in [6.45, 7) is 3.46. The highest BCUT2D eigenvalue weighted by molar-refractivity contribution is 5.47. The van der Waals surface area contributed by atoms with Crippen LogP contribution in [0.1, 0.15) is 30.5 Å². The molecule has 2 N–H and O–H groups in total. The van der Waals surface area contributed by atoms with Crippen LogP contribution in [0.4, 0.5) is 0 Å². The molecular weight excluding hydrogens is 432 g/mol. The Hall–Kier alpha value is -2.58. The molecule has 0 saturated carbocycles. The van der Waals surface area contributed by atoms with Crippen LogP contribution in [-0.4, -0.2) is 53.3 Å². The van der Waals surface area contributed by atoms with E-state index in [1.54, 1.807) is 13.8 Å². The zero-order valence-corrected chi connectivity index (χ0v) is 19.3. The van der Waals surface area contributed by atoms with Crippen molar-refractivity contribution in [1.29, 1.82) is 0 Å². The van der Waals surface area contributed by atoms with E-state index < -0.39 is 42.1 Å². The van der Waals surface area contributed by atoms with Gasteiger partial charge in [0.25, 0.3) is 0 Å². The Labute approximate surface area is 199 Å². The van der Waals surface area contributed by atoms with Gasteiger partial charge >= 0.3 is 0 Å². The van der Waals surface area contributed by atoms with Crippen molar-refractivity contribution in [2.24, 2.45) is 0 Å². The van der Waals surface area contributed by atoms with Crippen LogP contribution in [0.5, 0.6) is 0 Å². The molecule has 5 rings (SSSR count). The molecule has 0 aromatic heterocycles. The Balaban J connectivity index is 1.46. The van der Waals surface area contributed by atoms with Crippen LogP contribution in [0.2, 0.25) is 0 Å².